The van der Waals surface area contributed by atoms with Crippen LogP contribution in [0.25, 0.3) is 0 Å². The van der Waals surface area contributed by atoms with Gasteiger partial charge in [-0.3, -0.25) is 0 Å². The number of aromatic nitrogens is 2. The normalized spacial score (nSPS) is 11.8. The summed E-state index contributed by atoms with van der Waals surface area (Å²) < 4.78 is 5.80. The molecule has 0 saturated heterocycles. The first-order valence-electron chi connectivity index (χ1n) is 6.74. The lowest BCUT2D eigenvalue weighted by molar-refractivity contribution is 0.217. The molecule has 5 nitrogen and oxygen atoms in total. The van der Waals surface area contributed by atoms with Gasteiger partial charge in [0, 0.05) is 24.9 Å². The van der Waals surface area contributed by atoms with Gasteiger partial charge in [0.05, 0.1) is 6.10 Å². The van der Waals surface area contributed by atoms with E-state index in [2.05, 4.69) is 34.4 Å². The summed E-state index contributed by atoms with van der Waals surface area (Å²) in [6, 6.07) is 9.71. The first-order chi connectivity index (χ1) is 9.71. The predicted octanol–water partition coefficient (Wildman–Crippen LogP) is 3.44. The minimum absolute atomic E-state index is 0.209. The number of hydrogen-bond acceptors (Lipinski definition) is 5. The molecule has 0 aliphatic rings. The third-order valence-electron chi connectivity index (χ3n) is 2.94. The maximum atomic E-state index is 5.80. The maximum absolute atomic E-state index is 5.80. The molecule has 2 N–H and O–H groups in total. The number of hydrogen-bond donors (Lipinski definition) is 2. The van der Waals surface area contributed by atoms with Crippen LogP contribution in [-0.2, 0) is 0 Å². The molecule has 0 saturated carbocycles. The molecule has 2 rings (SSSR count). The SMILES string of the molecule is CCC(C)Oc1cccc(Nc2cc(NC)ncn2)c1. The molecule has 0 fully saturated rings. The van der Waals surface area contributed by atoms with Crippen molar-refractivity contribution in [2.45, 2.75) is 26.4 Å². The Morgan fingerprint density at radius 2 is 2.00 bits per heavy atom. The van der Waals surface area contributed by atoms with Crippen molar-refractivity contribution in [3.05, 3.63) is 36.7 Å². The van der Waals surface area contributed by atoms with E-state index in [9.17, 15) is 0 Å². The van der Waals surface area contributed by atoms with Gasteiger partial charge in [0.1, 0.15) is 23.7 Å². The molecule has 2 aromatic rings. The van der Waals surface area contributed by atoms with Gasteiger partial charge in [-0.05, 0) is 25.5 Å². The molecule has 1 unspecified atom stereocenters. The highest BCUT2D eigenvalue weighted by Crippen LogP contribution is 2.22. The van der Waals surface area contributed by atoms with E-state index in [1.54, 1.807) is 0 Å². The molecule has 20 heavy (non-hydrogen) atoms. The Morgan fingerprint density at radius 3 is 2.75 bits per heavy atom. The molecule has 1 aromatic carbocycles. The lowest BCUT2D eigenvalue weighted by atomic mass is 10.2. The van der Waals surface area contributed by atoms with Gasteiger partial charge in [0.25, 0.3) is 0 Å². The van der Waals surface area contributed by atoms with E-state index in [4.69, 9.17) is 4.74 Å². The van der Waals surface area contributed by atoms with Gasteiger partial charge in [0.15, 0.2) is 0 Å². The average Bonchev–Trinajstić information content (AvgIpc) is 2.47. The van der Waals surface area contributed by atoms with Crippen LogP contribution < -0.4 is 15.4 Å². The lowest BCUT2D eigenvalue weighted by Gasteiger charge is -2.14. The molecule has 0 aliphatic carbocycles. The Bertz CT molecular complexity index is 559. The first-order valence-corrected chi connectivity index (χ1v) is 6.74. The molecule has 0 spiro atoms. The molecular weight excluding hydrogens is 252 g/mol. The van der Waals surface area contributed by atoms with E-state index in [0.717, 1.165) is 29.5 Å². The number of nitrogens with zero attached hydrogens (tertiary/aromatic N) is 2. The quantitative estimate of drug-likeness (QED) is 0.843. The fourth-order valence-corrected chi connectivity index (χ4v) is 1.67. The zero-order chi connectivity index (χ0) is 14.4. The van der Waals surface area contributed by atoms with E-state index in [1.807, 2.05) is 37.4 Å². The highest BCUT2D eigenvalue weighted by Gasteiger charge is 2.03. The Labute approximate surface area is 119 Å². The van der Waals surface area contributed by atoms with Crippen LogP contribution in [0.1, 0.15) is 20.3 Å². The number of rotatable bonds is 6. The summed E-state index contributed by atoms with van der Waals surface area (Å²) in [4.78, 5) is 8.27. The maximum Gasteiger partial charge on any atom is 0.135 e. The third-order valence-corrected chi connectivity index (χ3v) is 2.94. The van der Waals surface area contributed by atoms with Gasteiger partial charge in [0.2, 0.25) is 0 Å². The van der Waals surface area contributed by atoms with Crippen molar-refractivity contribution in [1.82, 2.24) is 9.97 Å². The number of anilines is 3. The Balaban J connectivity index is 2.10. The fourth-order valence-electron chi connectivity index (χ4n) is 1.67. The average molecular weight is 272 g/mol. The van der Waals surface area contributed by atoms with Crippen LogP contribution in [0.4, 0.5) is 17.3 Å². The van der Waals surface area contributed by atoms with Gasteiger partial charge in [-0.2, -0.15) is 0 Å². The van der Waals surface area contributed by atoms with Crippen molar-refractivity contribution in [2.75, 3.05) is 17.7 Å². The van der Waals surface area contributed by atoms with E-state index >= 15 is 0 Å². The van der Waals surface area contributed by atoms with Crippen molar-refractivity contribution in [2.24, 2.45) is 0 Å². The molecule has 0 amide bonds. The van der Waals surface area contributed by atoms with Crippen LogP contribution in [0.3, 0.4) is 0 Å². The lowest BCUT2D eigenvalue weighted by Crippen LogP contribution is -2.09. The molecule has 106 valence electrons. The summed E-state index contributed by atoms with van der Waals surface area (Å²) in [5.74, 6) is 2.37. The topological polar surface area (TPSA) is 59.1 Å². The van der Waals surface area contributed by atoms with Gasteiger partial charge in [-0.1, -0.05) is 13.0 Å². The smallest absolute Gasteiger partial charge is 0.135 e. The highest BCUT2D eigenvalue weighted by atomic mass is 16.5. The van der Waals surface area contributed by atoms with Crippen LogP contribution in [0, 0.1) is 0 Å². The zero-order valence-electron chi connectivity index (χ0n) is 12.1. The van der Waals surface area contributed by atoms with Crippen LogP contribution in [-0.4, -0.2) is 23.1 Å². The summed E-state index contributed by atoms with van der Waals surface area (Å²) in [6.45, 7) is 4.16. The summed E-state index contributed by atoms with van der Waals surface area (Å²) in [7, 11) is 1.83. The molecule has 1 aromatic heterocycles. The van der Waals surface area contributed by atoms with E-state index < -0.39 is 0 Å². The second kappa shape index (κ2) is 6.75. The van der Waals surface area contributed by atoms with Crippen LogP contribution >= 0.6 is 0 Å². The monoisotopic (exact) mass is 272 g/mol. The standard InChI is InChI=1S/C15H20N4O/c1-4-11(2)20-13-7-5-6-12(8-13)19-15-9-14(16-3)17-10-18-15/h5-11H,4H2,1-3H3,(H2,16,17,18,19). The van der Waals surface area contributed by atoms with E-state index in [1.165, 1.54) is 6.33 Å². The highest BCUT2D eigenvalue weighted by molar-refractivity contribution is 5.60. The van der Waals surface area contributed by atoms with Crippen LogP contribution in [0.5, 0.6) is 5.75 Å². The summed E-state index contributed by atoms with van der Waals surface area (Å²) in [6.07, 6.45) is 2.71. The van der Waals surface area contributed by atoms with Gasteiger partial charge in [-0.15, -0.1) is 0 Å². The molecule has 1 atom stereocenters. The van der Waals surface area contributed by atoms with Gasteiger partial charge >= 0.3 is 0 Å². The third kappa shape index (κ3) is 3.85. The largest absolute Gasteiger partial charge is 0.491 e. The van der Waals surface area contributed by atoms with Crippen LogP contribution in [0.15, 0.2) is 36.7 Å². The first kappa shape index (κ1) is 14.1. The molecule has 0 aliphatic heterocycles. The molecular formula is C15H20N4O. The van der Waals surface area contributed by atoms with E-state index in [0.29, 0.717) is 0 Å². The van der Waals surface area contributed by atoms with E-state index in [-0.39, 0.29) is 6.10 Å². The van der Waals surface area contributed by atoms with Gasteiger partial charge in [-0.25, -0.2) is 9.97 Å². The second-order valence-corrected chi connectivity index (χ2v) is 4.53. The second-order valence-electron chi connectivity index (χ2n) is 4.53. The minimum Gasteiger partial charge on any atom is -0.491 e. The zero-order valence-corrected chi connectivity index (χ0v) is 12.1. The Hall–Kier alpha value is -2.30. The summed E-state index contributed by atoms with van der Waals surface area (Å²) >= 11 is 0. The van der Waals surface area contributed by atoms with Crippen molar-refractivity contribution < 1.29 is 4.74 Å². The predicted molar refractivity (Wildman–Crippen MR) is 81.7 cm³/mol. The minimum atomic E-state index is 0.209. The molecule has 1 heterocycles. The molecule has 0 bridgehead atoms. The number of benzene rings is 1. The van der Waals surface area contributed by atoms with Crippen molar-refractivity contribution in [1.29, 1.82) is 0 Å². The number of nitrogens with one attached hydrogen (secondary N) is 2. The van der Waals surface area contributed by atoms with Crippen molar-refractivity contribution in [3.63, 3.8) is 0 Å². The van der Waals surface area contributed by atoms with Crippen LogP contribution in [0.2, 0.25) is 0 Å². The van der Waals surface area contributed by atoms with Crippen molar-refractivity contribution in [3.8, 4) is 5.75 Å². The Morgan fingerprint density at radius 1 is 1.20 bits per heavy atom. The van der Waals surface area contributed by atoms with Crippen molar-refractivity contribution >= 4 is 17.3 Å². The molecule has 5 heteroatoms. The summed E-state index contributed by atoms with van der Waals surface area (Å²) in [5.41, 5.74) is 0.937. The molecule has 0 radical (unpaired) electrons. The summed E-state index contributed by atoms with van der Waals surface area (Å²) in [5, 5.41) is 6.22. The van der Waals surface area contributed by atoms with Gasteiger partial charge < -0.3 is 15.4 Å². The fraction of sp³-hybridized carbons (Fsp3) is 0.333. The number of ether oxygens (including phenoxy) is 1. The Kier molecular flexibility index (Phi) is 4.76.